The molecule has 1 aromatic carbocycles. The Labute approximate surface area is 147 Å². The van der Waals surface area contributed by atoms with Gasteiger partial charge < -0.3 is 14.2 Å². The Bertz CT molecular complexity index is 787. The topological polar surface area (TPSA) is 62.9 Å². The zero-order chi connectivity index (χ0) is 17.1. The third-order valence-electron chi connectivity index (χ3n) is 4.54. The highest BCUT2D eigenvalue weighted by molar-refractivity contribution is 6.01. The van der Waals surface area contributed by atoms with Crippen molar-refractivity contribution in [2.45, 2.75) is 32.6 Å². The molecule has 0 amide bonds. The molecule has 6 nitrogen and oxygen atoms in total. The van der Waals surface area contributed by atoms with Crippen LogP contribution in [0, 0.1) is 6.92 Å². The fraction of sp³-hybridized carbons (Fsp3) is 0.368. The van der Waals surface area contributed by atoms with Gasteiger partial charge in [0.25, 0.3) is 5.90 Å². The van der Waals surface area contributed by atoms with Crippen LogP contribution in [0.1, 0.15) is 37.0 Å². The summed E-state index contributed by atoms with van der Waals surface area (Å²) in [5.41, 5.74) is 5.50. The molecule has 1 N–H and O–H groups in total. The number of hydrogen-bond donors (Lipinski definition) is 1. The first-order valence-corrected chi connectivity index (χ1v) is 8.81. The Hall–Kier alpha value is -2.76. The van der Waals surface area contributed by atoms with E-state index in [4.69, 9.17) is 9.26 Å². The van der Waals surface area contributed by atoms with Gasteiger partial charge in [0.05, 0.1) is 6.20 Å². The summed E-state index contributed by atoms with van der Waals surface area (Å²) in [6.45, 7) is 3.99. The van der Waals surface area contributed by atoms with Gasteiger partial charge in [0.2, 0.25) is 5.88 Å². The minimum Gasteiger partial charge on any atom is -0.417 e. The van der Waals surface area contributed by atoms with Gasteiger partial charge in [-0.15, -0.1) is 5.10 Å². The summed E-state index contributed by atoms with van der Waals surface area (Å²) in [4.78, 5) is 2.30. The van der Waals surface area contributed by atoms with Crippen molar-refractivity contribution in [2.24, 2.45) is 5.10 Å². The van der Waals surface area contributed by atoms with Gasteiger partial charge in [0.1, 0.15) is 17.0 Å². The van der Waals surface area contributed by atoms with Crippen LogP contribution in [0.3, 0.4) is 0 Å². The Morgan fingerprint density at radius 2 is 1.84 bits per heavy atom. The molecule has 0 saturated carbocycles. The lowest BCUT2D eigenvalue weighted by molar-refractivity contribution is 0.344. The van der Waals surface area contributed by atoms with Crippen LogP contribution in [0.5, 0.6) is 0 Å². The zero-order valence-corrected chi connectivity index (χ0v) is 14.4. The van der Waals surface area contributed by atoms with Crippen molar-refractivity contribution in [1.29, 1.82) is 0 Å². The first kappa shape index (κ1) is 15.7. The first-order chi connectivity index (χ1) is 12.3. The Morgan fingerprint density at radius 1 is 1.08 bits per heavy atom. The molecular formula is C19H22N4O2. The lowest BCUT2D eigenvalue weighted by Gasteiger charge is -2.17. The number of benzene rings is 1. The number of aryl methyl sites for hydroxylation is 1. The highest BCUT2D eigenvalue weighted by atomic mass is 16.5. The minimum atomic E-state index is 0.499. The normalized spacial score (nSPS) is 19.3. The van der Waals surface area contributed by atoms with Crippen LogP contribution in [0.15, 0.2) is 52.0 Å². The van der Waals surface area contributed by atoms with Crippen molar-refractivity contribution in [3.63, 3.8) is 0 Å². The maximum absolute atomic E-state index is 5.95. The molecule has 3 heterocycles. The molecule has 4 rings (SSSR count). The predicted molar refractivity (Wildman–Crippen MR) is 95.6 cm³/mol. The van der Waals surface area contributed by atoms with Crippen LogP contribution in [0.2, 0.25) is 0 Å². The van der Waals surface area contributed by atoms with Crippen molar-refractivity contribution >= 4 is 5.90 Å². The summed E-state index contributed by atoms with van der Waals surface area (Å²) < 4.78 is 11.3. The van der Waals surface area contributed by atoms with Crippen LogP contribution in [-0.2, 0) is 4.74 Å². The number of nitrogens with zero attached hydrogens (tertiary/aromatic N) is 3. The van der Waals surface area contributed by atoms with E-state index in [2.05, 4.69) is 20.6 Å². The second-order valence-electron chi connectivity index (χ2n) is 6.40. The van der Waals surface area contributed by atoms with Crippen LogP contribution < -0.4 is 5.43 Å². The highest BCUT2D eigenvalue weighted by Gasteiger charge is 2.26. The molecule has 0 bridgehead atoms. The lowest BCUT2D eigenvalue weighted by atomic mass is 10.1. The fourth-order valence-electron chi connectivity index (χ4n) is 3.22. The van der Waals surface area contributed by atoms with Crippen LogP contribution in [-0.4, -0.2) is 29.0 Å². The van der Waals surface area contributed by atoms with E-state index in [1.807, 2.05) is 43.5 Å². The summed E-state index contributed by atoms with van der Waals surface area (Å²) in [5.74, 6) is 1.84. The van der Waals surface area contributed by atoms with E-state index < -0.39 is 0 Å². The summed E-state index contributed by atoms with van der Waals surface area (Å²) in [5, 5.41) is 8.54. The largest absolute Gasteiger partial charge is 0.417 e. The SMILES string of the molecule is Cc1onc(-c2ccccc2)c1C1=NNC(=CN2CCCCCC2)O1. The van der Waals surface area contributed by atoms with Crippen molar-refractivity contribution in [1.82, 2.24) is 15.5 Å². The molecule has 1 fully saturated rings. The maximum atomic E-state index is 5.95. The Morgan fingerprint density at radius 3 is 2.60 bits per heavy atom. The molecule has 2 aliphatic rings. The summed E-state index contributed by atoms with van der Waals surface area (Å²) in [6.07, 6.45) is 7.07. The molecule has 2 aliphatic heterocycles. The quantitative estimate of drug-likeness (QED) is 0.926. The predicted octanol–water partition coefficient (Wildman–Crippen LogP) is 3.61. The monoisotopic (exact) mass is 338 g/mol. The van der Waals surface area contributed by atoms with E-state index in [0.717, 1.165) is 29.9 Å². The standard InChI is InChI=1S/C19H22N4O2/c1-14-17(18(22-25-14)15-9-5-4-6-10-15)19-21-20-16(24-19)13-23-11-7-2-3-8-12-23/h4-6,9-10,13,20H,2-3,7-8,11-12H2,1H3. The fourth-order valence-corrected chi connectivity index (χ4v) is 3.22. The summed E-state index contributed by atoms with van der Waals surface area (Å²) >= 11 is 0. The van der Waals surface area contributed by atoms with E-state index in [1.165, 1.54) is 25.7 Å². The lowest BCUT2D eigenvalue weighted by Crippen LogP contribution is -2.20. The Kier molecular flexibility index (Phi) is 4.41. The molecule has 1 aromatic heterocycles. The van der Waals surface area contributed by atoms with Crippen molar-refractivity contribution in [2.75, 3.05) is 13.1 Å². The van der Waals surface area contributed by atoms with Gasteiger partial charge >= 0.3 is 0 Å². The molecule has 0 spiro atoms. The van der Waals surface area contributed by atoms with E-state index in [9.17, 15) is 0 Å². The van der Waals surface area contributed by atoms with Crippen LogP contribution in [0.4, 0.5) is 0 Å². The van der Waals surface area contributed by atoms with E-state index >= 15 is 0 Å². The average molecular weight is 338 g/mol. The first-order valence-electron chi connectivity index (χ1n) is 8.81. The maximum Gasteiger partial charge on any atom is 0.251 e. The van der Waals surface area contributed by atoms with Crippen molar-refractivity contribution in [3.05, 3.63) is 53.7 Å². The average Bonchev–Trinajstić information content (AvgIpc) is 3.15. The van der Waals surface area contributed by atoms with Gasteiger partial charge in [0.15, 0.2) is 0 Å². The smallest absolute Gasteiger partial charge is 0.251 e. The number of rotatable bonds is 3. The van der Waals surface area contributed by atoms with Gasteiger partial charge in [0, 0.05) is 18.7 Å². The van der Waals surface area contributed by atoms with Gasteiger partial charge in [-0.1, -0.05) is 48.3 Å². The molecule has 130 valence electrons. The van der Waals surface area contributed by atoms with E-state index in [-0.39, 0.29) is 0 Å². The molecule has 1 saturated heterocycles. The highest BCUT2D eigenvalue weighted by Crippen LogP contribution is 2.28. The number of aromatic nitrogens is 1. The summed E-state index contributed by atoms with van der Waals surface area (Å²) in [6, 6.07) is 9.92. The zero-order valence-electron chi connectivity index (χ0n) is 14.4. The molecule has 0 atom stereocenters. The number of ether oxygens (including phenoxy) is 1. The van der Waals surface area contributed by atoms with Gasteiger partial charge in [-0.05, 0) is 19.8 Å². The Balaban J connectivity index is 1.55. The van der Waals surface area contributed by atoms with Gasteiger partial charge in [-0.25, -0.2) is 5.43 Å². The number of hydrogen-bond acceptors (Lipinski definition) is 6. The third kappa shape index (κ3) is 3.38. The molecule has 25 heavy (non-hydrogen) atoms. The molecule has 0 unspecified atom stereocenters. The van der Waals surface area contributed by atoms with Crippen molar-refractivity contribution in [3.8, 4) is 11.3 Å². The van der Waals surface area contributed by atoms with Gasteiger partial charge in [-0.2, -0.15) is 0 Å². The minimum absolute atomic E-state index is 0.499. The molecule has 6 heteroatoms. The number of likely N-dealkylation sites (tertiary alicyclic amines) is 1. The molecular weight excluding hydrogens is 316 g/mol. The van der Waals surface area contributed by atoms with E-state index in [0.29, 0.717) is 17.5 Å². The molecule has 0 aliphatic carbocycles. The van der Waals surface area contributed by atoms with Gasteiger partial charge in [-0.3, -0.25) is 0 Å². The van der Waals surface area contributed by atoms with E-state index in [1.54, 1.807) is 0 Å². The second kappa shape index (κ2) is 7.01. The van der Waals surface area contributed by atoms with Crippen LogP contribution >= 0.6 is 0 Å². The number of nitrogens with one attached hydrogen (secondary N) is 1. The molecule has 0 radical (unpaired) electrons. The molecule has 2 aromatic rings. The van der Waals surface area contributed by atoms with Crippen molar-refractivity contribution < 1.29 is 9.26 Å². The third-order valence-corrected chi connectivity index (χ3v) is 4.54. The second-order valence-corrected chi connectivity index (χ2v) is 6.40. The summed E-state index contributed by atoms with van der Waals surface area (Å²) in [7, 11) is 0. The van der Waals surface area contributed by atoms with Crippen LogP contribution in [0.25, 0.3) is 11.3 Å². The number of hydrazone groups is 1.